The van der Waals surface area contributed by atoms with Gasteiger partial charge in [0, 0.05) is 17.5 Å². The summed E-state index contributed by atoms with van der Waals surface area (Å²) >= 11 is 12.9. The summed E-state index contributed by atoms with van der Waals surface area (Å²) in [5.41, 5.74) is -0.174. The molecule has 5 nitrogen and oxygen atoms in total. The van der Waals surface area contributed by atoms with Crippen molar-refractivity contribution in [2.45, 2.75) is 13.3 Å². The number of nitro groups is 1. The molecule has 0 aromatic rings. The van der Waals surface area contributed by atoms with Crippen molar-refractivity contribution in [3.05, 3.63) is 21.0 Å². The lowest BCUT2D eigenvalue weighted by molar-refractivity contribution is -0.427. The van der Waals surface area contributed by atoms with Gasteiger partial charge in [-0.05, 0) is 6.42 Å². The number of aliphatic imine (C=N–C) groups is 1. The van der Waals surface area contributed by atoms with Crippen LogP contribution in [0.2, 0.25) is 0 Å². The zero-order valence-corrected chi connectivity index (χ0v) is 10.3. The fourth-order valence-electron chi connectivity index (χ4n) is 0.896. The SMILES string of the molecule is CCCSC1=NC(Cl)=C([N+](=O)[O-])CN1Cl. The zero-order chi connectivity index (χ0) is 11.4. The van der Waals surface area contributed by atoms with Crippen molar-refractivity contribution in [2.75, 3.05) is 12.3 Å². The highest BCUT2D eigenvalue weighted by atomic mass is 35.5. The van der Waals surface area contributed by atoms with Gasteiger partial charge >= 0.3 is 5.70 Å². The second kappa shape index (κ2) is 5.58. The second-order valence-corrected chi connectivity index (χ2v) is 4.59. The number of rotatable bonds is 3. The van der Waals surface area contributed by atoms with Crippen molar-refractivity contribution < 1.29 is 4.92 Å². The van der Waals surface area contributed by atoms with E-state index in [-0.39, 0.29) is 17.4 Å². The van der Waals surface area contributed by atoms with Gasteiger partial charge in [-0.3, -0.25) is 14.5 Å². The van der Waals surface area contributed by atoms with Gasteiger partial charge in [-0.15, -0.1) is 0 Å². The first-order chi connectivity index (χ1) is 7.06. The molecule has 1 rings (SSSR count). The van der Waals surface area contributed by atoms with Crippen molar-refractivity contribution in [2.24, 2.45) is 4.99 Å². The maximum atomic E-state index is 10.5. The first kappa shape index (κ1) is 12.6. The van der Waals surface area contributed by atoms with Gasteiger partial charge in [0.2, 0.25) is 5.16 Å². The van der Waals surface area contributed by atoms with E-state index in [0.29, 0.717) is 5.17 Å². The monoisotopic (exact) mass is 269 g/mol. The van der Waals surface area contributed by atoms with Crippen molar-refractivity contribution in [3.8, 4) is 0 Å². The minimum absolute atomic E-state index is 0.0249. The van der Waals surface area contributed by atoms with Crippen LogP contribution >= 0.6 is 35.1 Å². The van der Waals surface area contributed by atoms with Crippen LogP contribution in [0.4, 0.5) is 0 Å². The highest BCUT2D eigenvalue weighted by Gasteiger charge is 2.27. The van der Waals surface area contributed by atoms with Crippen LogP contribution in [0.5, 0.6) is 0 Å². The van der Waals surface area contributed by atoms with Crippen LogP contribution in [0.25, 0.3) is 0 Å². The van der Waals surface area contributed by atoms with E-state index < -0.39 is 4.92 Å². The van der Waals surface area contributed by atoms with E-state index in [0.717, 1.165) is 12.2 Å². The Bertz CT molecular complexity index is 332. The summed E-state index contributed by atoms with van der Waals surface area (Å²) in [5.74, 6) is 0.847. The third kappa shape index (κ3) is 3.25. The molecule has 1 aliphatic rings. The molecule has 0 atom stereocenters. The highest BCUT2D eigenvalue weighted by molar-refractivity contribution is 8.13. The number of amidine groups is 1. The largest absolute Gasteiger partial charge is 0.303 e. The molecule has 1 aliphatic heterocycles. The van der Waals surface area contributed by atoms with Gasteiger partial charge in [0.15, 0.2) is 5.17 Å². The fraction of sp³-hybridized carbons (Fsp3) is 0.571. The summed E-state index contributed by atoms with van der Waals surface area (Å²) in [5, 5.41) is 11.0. The predicted octanol–water partition coefficient (Wildman–Crippen LogP) is 2.64. The number of thioether (sulfide) groups is 1. The van der Waals surface area contributed by atoms with Crippen LogP contribution < -0.4 is 0 Å². The molecule has 8 heteroatoms. The molecule has 1 heterocycles. The molecule has 15 heavy (non-hydrogen) atoms. The summed E-state index contributed by atoms with van der Waals surface area (Å²) in [4.78, 5) is 13.8. The average Bonchev–Trinajstić information content (AvgIpc) is 2.18. The molecule has 0 aliphatic carbocycles. The summed E-state index contributed by atoms with van der Waals surface area (Å²) in [7, 11) is 0. The van der Waals surface area contributed by atoms with E-state index in [1.165, 1.54) is 16.2 Å². The molecule has 0 amide bonds. The molecular weight excluding hydrogens is 261 g/mol. The van der Waals surface area contributed by atoms with E-state index in [1.807, 2.05) is 6.92 Å². The maximum absolute atomic E-state index is 10.5. The third-order valence-electron chi connectivity index (χ3n) is 1.58. The Morgan fingerprint density at radius 2 is 2.40 bits per heavy atom. The topological polar surface area (TPSA) is 58.7 Å². The van der Waals surface area contributed by atoms with Crippen LogP contribution in [0, 0.1) is 10.1 Å². The molecule has 0 spiro atoms. The summed E-state index contributed by atoms with van der Waals surface area (Å²) < 4.78 is 1.21. The Kier molecular flexibility index (Phi) is 4.69. The van der Waals surface area contributed by atoms with Gasteiger partial charge in [0.25, 0.3) is 0 Å². The molecular formula is C7H9Cl2N3O2S. The van der Waals surface area contributed by atoms with Crippen molar-refractivity contribution >= 4 is 40.3 Å². The predicted molar refractivity (Wildman–Crippen MR) is 62.6 cm³/mol. The van der Waals surface area contributed by atoms with Crippen LogP contribution in [-0.2, 0) is 0 Å². The van der Waals surface area contributed by atoms with E-state index in [2.05, 4.69) is 4.99 Å². The zero-order valence-electron chi connectivity index (χ0n) is 7.94. The van der Waals surface area contributed by atoms with E-state index in [9.17, 15) is 10.1 Å². The summed E-state index contributed by atoms with van der Waals surface area (Å²) in [6.45, 7) is 2.00. The van der Waals surface area contributed by atoms with Crippen LogP contribution in [0.15, 0.2) is 15.8 Å². The van der Waals surface area contributed by atoms with E-state index in [4.69, 9.17) is 23.4 Å². The van der Waals surface area contributed by atoms with Crippen LogP contribution in [0.3, 0.4) is 0 Å². The normalized spacial score (nSPS) is 16.7. The second-order valence-electron chi connectivity index (χ2n) is 2.76. The quantitative estimate of drug-likeness (QED) is 0.342. The van der Waals surface area contributed by atoms with Gasteiger partial charge < -0.3 is 0 Å². The Balaban J connectivity index is 2.83. The molecule has 0 aromatic heterocycles. The summed E-state index contributed by atoms with van der Waals surface area (Å²) in [6.07, 6.45) is 0.970. The molecule has 84 valence electrons. The first-order valence-electron chi connectivity index (χ1n) is 4.24. The minimum atomic E-state index is -0.567. The maximum Gasteiger partial charge on any atom is 0.303 e. The number of halogens is 2. The molecule has 0 aromatic carbocycles. The number of hydrogen-bond acceptors (Lipinski definition) is 5. The number of hydrogen-bond donors (Lipinski definition) is 0. The Morgan fingerprint density at radius 1 is 1.73 bits per heavy atom. The molecule has 0 N–H and O–H groups in total. The van der Waals surface area contributed by atoms with Crippen molar-refractivity contribution in [1.29, 1.82) is 0 Å². The molecule has 0 fully saturated rings. The van der Waals surface area contributed by atoms with Crippen LogP contribution in [-0.4, -0.2) is 26.8 Å². The minimum Gasteiger partial charge on any atom is -0.258 e. The summed E-state index contributed by atoms with van der Waals surface area (Å²) in [6, 6.07) is 0. The van der Waals surface area contributed by atoms with E-state index in [1.54, 1.807) is 0 Å². The molecule has 0 unspecified atom stereocenters. The van der Waals surface area contributed by atoms with Gasteiger partial charge in [-0.2, -0.15) is 0 Å². The highest BCUT2D eigenvalue weighted by Crippen LogP contribution is 2.25. The lowest BCUT2D eigenvalue weighted by Gasteiger charge is -2.19. The van der Waals surface area contributed by atoms with Gasteiger partial charge in [-0.1, -0.05) is 30.3 Å². The van der Waals surface area contributed by atoms with Gasteiger partial charge in [0.1, 0.15) is 6.54 Å². The van der Waals surface area contributed by atoms with Gasteiger partial charge in [-0.25, -0.2) is 4.99 Å². The molecule has 0 bridgehead atoms. The molecule has 0 radical (unpaired) electrons. The fourth-order valence-corrected chi connectivity index (χ4v) is 2.20. The Hall–Kier alpha value is -0.460. The van der Waals surface area contributed by atoms with Crippen molar-refractivity contribution in [3.63, 3.8) is 0 Å². The number of nitrogens with zero attached hydrogens (tertiary/aromatic N) is 3. The lowest BCUT2D eigenvalue weighted by Crippen LogP contribution is -2.28. The third-order valence-corrected chi connectivity index (χ3v) is 3.45. The first-order valence-corrected chi connectivity index (χ1v) is 5.94. The Labute approximate surface area is 101 Å². The van der Waals surface area contributed by atoms with Crippen molar-refractivity contribution in [1.82, 2.24) is 4.42 Å². The molecule has 0 saturated heterocycles. The Morgan fingerprint density at radius 3 is 2.93 bits per heavy atom. The average molecular weight is 270 g/mol. The van der Waals surface area contributed by atoms with Crippen LogP contribution in [0.1, 0.15) is 13.3 Å². The van der Waals surface area contributed by atoms with Gasteiger partial charge in [0.05, 0.1) is 4.92 Å². The smallest absolute Gasteiger partial charge is 0.258 e. The van der Waals surface area contributed by atoms with E-state index >= 15 is 0 Å². The standard InChI is InChI=1S/C7H9Cl2N3O2S/c1-2-3-15-7-10-6(8)5(12(13)14)4-11(7)9/h2-4H2,1H3. The molecule has 0 saturated carbocycles. The lowest BCUT2D eigenvalue weighted by atomic mass is 10.4.